The van der Waals surface area contributed by atoms with Gasteiger partial charge in [0.1, 0.15) is 0 Å². The number of aromatic nitrogens is 1. The molecule has 0 fully saturated rings. The first kappa shape index (κ1) is 12.5. The third kappa shape index (κ3) is 3.26. The Hall–Kier alpha value is -0.940. The minimum absolute atomic E-state index is 0.593. The maximum atomic E-state index is 10.5. The molecule has 0 aliphatic rings. The second-order valence-electron chi connectivity index (χ2n) is 4.32. The summed E-state index contributed by atoms with van der Waals surface area (Å²) in [7, 11) is 0. The van der Waals surface area contributed by atoms with Crippen LogP contribution >= 0.6 is 22.6 Å². The van der Waals surface area contributed by atoms with Crippen LogP contribution in [0.2, 0.25) is 0 Å². The first-order chi connectivity index (χ1) is 8.08. The number of nitrogens with zero attached hydrogens (tertiary/aromatic N) is 1. The number of hydrogen-bond donors (Lipinski definition) is 1. The van der Waals surface area contributed by atoms with Crippen molar-refractivity contribution in [3.05, 3.63) is 63.5 Å². The second kappa shape index (κ2) is 5.14. The average molecular weight is 339 g/mol. The molecule has 0 aliphatic carbocycles. The van der Waals surface area contributed by atoms with Crippen LogP contribution in [0.15, 0.2) is 48.8 Å². The minimum atomic E-state index is -0.874. The molecule has 0 radical (unpaired) electrons. The van der Waals surface area contributed by atoms with Crippen molar-refractivity contribution in [3.63, 3.8) is 0 Å². The van der Waals surface area contributed by atoms with Crippen LogP contribution < -0.4 is 0 Å². The molecule has 0 saturated carbocycles. The minimum Gasteiger partial charge on any atom is -0.385 e. The highest BCUT2D eigenvalue weighted by Crippen LogP contribution is 2.24. The van der Waals surface area contributed by atoms with Gasteiger partial charge in [-0.1, -0.05) is 18.2 Å². The summed E-state index contributed by atoms with van der Waals surface area (Å²) in [5, 5.41) is 10.5. The number of hydrogen-bond acceptors (Lipinski definition) is 2. The van der Waals surface area contributed by atoms with Crippen molar-refractivity contribution in [2.24, 2.45) is 0 Å². The van der Waals surface area contributed by atoms with Crippen molar-refractivity contribution in [2.45, 2.75) is 18.9 Å². The maximum Gasteiger partial charge on any atom is 0.0923 e. The van der Waals surface area contributed by atoms with E-state index in [0.717, 1.165) is 11.1 Å². The predicted molar refractivity (Wildman–Crippen MR) is 76.7 cm³/mol. The Morgan fingerprint density at radius 2 is 1.94 bits per heavy atom. The van der Waals surface area contributed by atoms with E-state index in [9.17, 15) is 5.11 Å². The number of pyridine rings is 1. The van der Waals surface area contributed by atoms with Crippen LogP contribution in [0.1, 0.15) is 18.1 Å². The molecule has 2 aromatic rings. The molecule has 2 nitrogen and oxygen atoms in total. The summed E-state index contributed by atoms with van der Waals surface area (Å²) in [6, 6.07) is 11.9. The Morgan fingerprint density at radius 1 is 1.24 bits per heavy atom. The molecule has 17 heavy (non-hydrogen) atoms. The largest absolute Gasteiger partial charge is 0.385 e. The quantitative estimate of drug-likeness (QED) is 0.872. The van der Waals surface area contributed by atoms with E-state index in [1.807, 2.05) is 31.2 Å². The molecule has 1 unspecified atom stereocenters. The lowest BCUT2D eigenvalue weighted by Crippen LogP contribution is -2.24. The smallest absolute Gasteiger partial charge is 0.0923 e. The Bertz CT molecular complexity index is 479. The van der Waals surface area contributed by atoms with Crippen LogP contribution in [0.3, 0.4) is 0 Å². The molecule has 1 heterocycles. The van der Waals surface area contributed by atoms with E-state index in [1.54, 1.807) is 12.4 Å². The first-order valence-corrected chi connectivity index (χ1v) is 6.53. The molecule has 0 aliphatic heterocycles. The summed E-state index contributed by atoms with van der Waals surface area (Å²) in [5.74, 6) is 0. The molecule has 88 valence electrons. The van der Waals surface area contributed by atoms with Gasteiger partial charge in [-0.3, -0.25) is 4.98 Å². The van der Waals surface area contributed by atoms with E-state index in [2.05, 4.69) is 39.7 Å². The highest BCUT2D eigenvalue weighted by Gasteiger charge is 2.23. The zero-order valence-corrected chi connectivity index (χ0v) is 11.8. The summed E-state index contributed by atoms with van der Waals surface area (Å²) in [6.07, 6.45) is 4.02. The van der Waals surface area contributed by atoms with Crippen LogP contribution in [0, 0.1) is 3.57 Å². The van der Waals surface area contributed by atoms with Gasteiger partial charge in [-0.05, 0) is 53.3 Å². The van der Waals surface area contributed by atoms with E-state index < -0.39 is 5.60 Å². The lowest BCUT2D eigenvalue weighted by molar-refractivity contribution is 0.0573. The average Bonchev–Trinajstić information content (AvgIpc) is 2.33. The van der Waals surface area contributed by atoms with Gasteiger partial charge in [-0.2, -0.15) is 0 Å². The van der Waals surface area contributed by atoms with Crippen LogP contribution in [0.4, 0.5) is 0 Å². The zero-order chi connectivity index (χ0) is 12.3. The van der Waals surface area contributed by atoms with E-state index in [1.165, 1.54) is 3.57 Å². The van der Waals surface area contributed by atoms with Crippen molar-refractivity contribution >= 4 is 22.6 Å². The summed E-state index contributed by atoms with van der Waals surface area (Å²) in [6.45, 7) is 1.82. The number of benzene rings is 1. The molecule has 1 atom stereocenters. The van der Waals surface area contributed by atoms with Gasteiger partial charge >= 0.3 is 0 Å². The maximum absolute atomic E-state index is 10.5. The monoisotopic (exact) mass is 339 g/mol. The normalized spacial score (nSPS) is 14.3. The molecule has 2 rings (SSSR count). The molecule has 1 N–H and O–H groups in total. The Labute approximate surface area is 115 Å². The summed E-state index contributed by atoms with van der Waals surface area (Å²) < 4.78 is 1.20. The van der Waals surface area contributed by atoms with Crippen molar-refractivity contribution < 1.29 is 5.11 Å². The van der Waals surface area contributed by atoms with Crippen molar-refractivity contribution in [1.82, 2.24) is 4.98 Å². The van der Waals surface area contributed by atoms with E-state index in [0.29, 0.717) is 6.42 Å². The number of rotatable bonds is 3. The SMILES string of the molecule is CC(O)(Cc1ccc(I)cc1)c1cccnc1. The predicted octanol–water partition coefficient (Wildman–Crippen LogP) is 3.14. The molecule has 1 aromatic heterocycles. The van der Waals surface area contributed by atoms with Gasteiger partial charge in [0, 0.05) is 27.9 Å². The fourth-order valence-electron chi connectivity index (χ4n) is 1.78. The summed E-state index contributed by atoms with van der Waals surface area (Å²) >= 11 is 2.27. The lowest BCUT2D eigenvalue weighted by atomic mass is 9.90. The van der Waals surface area contributed by atoms with Crippen LogP contribution in [0.5, 0.6) is 0 Å². The summed E-state index contributed by atoms with van der Waals surface area (Å²) in [5.41, 5.74) is 1.10. The molecule has 1 aromatic carbocycles. The van der Waals surface area contributed by atoms with Gasteiger partial charge in [0.25, 0.3) is 0 Å². The highest BCUT2D eigenvalue weighted by atomic mass is 127. The first-order valence-electron chi connectivity index (χ1n) is 5.45. The molecular formula is C14H14INO. The van der Waals surface area contributed by atoms with Crippen LogP contribution in [0.25, 0.3) is 0 Å². The molecule has 0 spiro atoms. The van der Waals surface area contributed by atoms with Crippen molar-refractivity contribution in [3.8, 4) is 0 Å². The fraction of sp³-hybridized carbons (Fsp3) is 0.214. The molecule has 0 bridgehead atoms. The molecular weight excluding hydrogens is 325 g/mol. The van der Waals surface area contributed by atoms with Crippen LogP contribution in [-0.4, -0.2) is 10.1 Å². The van der Waals surface area contributed by atoms with Gasteiger partial charge in [0.05, 0.1) is 5.60 Å². The second-order valence-corrected chi connectivity index (χ2v) is 5.56. The zero-order valence-electron chi connectivity index (χ0n) is 9.60. The molecule has 0 saturated heterocycles. The standard InChI is InChI=1S/C14H14INO/c1-14(17,12-3-2-8-16-10-12)9-11-4-6-13(15)7-5-11/h2-8,10,17H,9H2,1H3. The highest BCUT2D eigenvalue weighted by molar-refractivity contribution is 14.1. The summed E-state index contributed by atoms with van der Waals surface area (Å²) in [4.78, 5) is 4.05. The third-order valence-electron chi connectivity index (χ3n) is 2.75. The number of halogens is 1. The number of aliphatic hydroxyl groups is 1. The molecule has 3 heteroatoms. The van der Waals surface area contributed by atoms with E-state index >= 15 is 0 Å². The Morgan fingerprint density at radius 3 is 2.53 bits per heavy atom. The Kier molecular flexibility index (Phi) is 3.79. The van der Waals surface area contributed by atoms with Crippen molar-refractivity contribution in [2.75, 3.05) is 0 Å². The topological polar surface area (TPSA) is 33.1 Å². The van der Waals surface area contributed by atoms with Gasteiger partial charge < -0.3 is 5.11 Å². The Balaban J connectivity index is 2.20. The van der Waals surface area contributed by atoms with E-state index in [4.69, 9.17) is 0 Å². The van der Waals surface area contributed by atoms with Gasteiger partial charge in [-0.15, -0.1) is 0 Å². The van der Waals surface area contributed by atoms with Crippen LogP contribution in [-0.2, 0) is 12.0 Å². The fourth-order valence-corrected chi connectivity index (χ4v) is 2.14. The lowest BCUT2D eigenvalue weighted by Gasteiger charge is -2.23. The van der Waals surface area contributed by atoms with Gasteiger partial charge in [0.2, 0.25) is 0 Å². The van der Waals surface area contributed by atoms with Gasteiger partial charge in [-0.25, -0.2) is 0 Å². The third-order valence-corrected chi connectivity index (χ3v) is 3.46. The molecule has 0 amide bonds. The van der Waals surface area contributed by atoms with Gasteiger partial charge in [0.15, 0.2) is 0 Å². The van der Waals surface area contributed by atoms with E-state index in [-0.39, 0.29) is 0 Å². The van der Waals surface area contributed by atoms with Crippen molar-refractivity contribution in [1.29, 1.82) is 0 Å².